The van der Waals surface area contributed by atoms with Crippen molar-refractivity contribution in [3.05, 3.63) is 21.9 Å². The Morgan fingerprint density at radius 3 is 2.94 bits per heavy atom. The summed E-state index contributed by atoms with van der Waals surface area (Å²) in [5, 5.41) is 8.58. The lowest BCUT2D eigenvalue weighted by Gasteiger charge is -2.12. The van der Waals surface area contributed by atoms with Crippen LogP contribution in [0.1, 0.15) is 16.2 Å². The van der Waals surface area contributed by atoms with Crippen LogP contribution in [0.2, 0.25) is 0 Å². The van der Waals surface area contributed by atoms with Crippen molar-refractivity contribution >= 4 is 21.4 Å². The number of thiophene rings is 1. The lowest BCUT2D eigenvalue weighted by Crippen LogP contribution is -2.24. The molecule has 0 spiro atoms. The number of hydrogen-bond donors (Lipinski definition) is 1. The van der Waals surface area contributed by atoms with E-state index in [0.29, 0.717) is 19.5 Å². The van der Waals surface area contributed by atoms with Crippen molar-refractivity contribution in [1.82, 2.24) is 4.31 Å². The van der Waals surface area contributed by atoms with E-state index in [-0.39, 0.29) is 12.4 Å². The molecule has 0 aromatic carbocycles. The Morgan fingerprint density at radius 2 is 2.29 bits per heavy atom. The van der Waals surface area contributed by atoms with Crippen LogP contribution in [0.4, 0.5) is 0 Å². The molecule has 1 aromatic rings. The van der Waals surface area contributed by atoms with Gasteiger partial charge in [-0.05, 0) is 18.6 Å². The van der Waals surface area contributed by atoms with Crippen molar-refractivity contribution in [1.29, 1.82) is 0 Å². The minimum Gasteiger partial charge on any atom is -0.384 e. The van der Waals surface area contributed by atoms with Crippen molar-refractivity contribution in [3.8, 4) is 11.8 Å². The highest BCUT2D eigenvalue weighted by Crippen LogP contribution is 2.22. The first-order chi connectivity index (χ1) is 8.12. The minimum absolute atomic E-state index is 0.159. The Bertz CT molecular complexity index is 551. The molecule has 0 amide bonds. The highest BCUT2D eigenvalue weighted by atomic mass is 32.2. The van der Waals surface area contributed by atoms with Gasteiger partial charge in [-0.3, -0.25) is 0 Å². The Kier molecular flexibility index (Phi) is 3.84. The van der Waals surface area contributed by atoms with Gasteiger partial charge in [0.25, 0.3) is 0 Å². The summed E-state index contributed by atoms with van der Waals surface area (Å²) in [7, 11) is -3.03. The van der Waals surface area contributed by atoms with Crippen molar-refractivity contribution < 1.29 is 13.5 Å². The van der Waals surface area contributed by atoms with E-state index in [2.05, 4.69) is 11.8 Å². The van der Waals surface area contributed by atoms with E-state index >= 15 is 0 Å². The van der Waals surface area contributed by atoms with Crippen molar-refractivity contribution in [3.63, 3.8) is 0 Å². The van der Waals surface area contributed by atoms with Gasteiger partial charge >= 0.3 is 0 Å². The number of aliphatic hydroxyl groups is 1. The van der Waals surface area contributed by atoms with Crippen LogP contribution < -0.4 is 0 Å². The molecule has 0 radical (unpaired) electrons. The number of hydrogen-bond acceptors (Lipinski definition) is 4. The summed E-state index contributed by atoms with van der Waals surface area (Å²) in [4.78, 5) is 1.84. The van der Waals surface area contributed by atoms with Crippen LogP contribution in [0.5, 0.6) is 0 Å². The molecule has 1 fully saturated rings. The third kappa shape index (κ3) is 3.07. The highest BCUT2D eigenvalue weighted by molar-refractivity contribution is 7.89. The summed E-state index contributed by atoms with van der Waals surface area (Å²) in [5.74, 6) is 5.64. The van der Waals surface area contributed by atoms with Crippen LogP contribution in [-0.2, 0) is 16.6 Å². The first-order valence-corrected chi connectivity index (χ1v) is 7.70. The lowest BCUT2D eigenvalue weighted by atomic mass is 10.4. The van der Waals surface area contributed by atoms with Crippen molar-refractivity contribution in [2.45, 2.75) is 13.0 Å². The van der Waals surface area contributed by atoms with Crippen LogP contribution in [0.3, 0.4) is 0 Å². The zero-order valence-electron chi connectivity index (χ0n) is 9.22. The number of nitrogens with zero attached hydrogens (tertiary/aromatic N) is 1. The van der Waals surface area contributed by atoms with Crippen molar-refractivity contribution in [2.24, 2.45) is 0 Å². The minimum atomic E-state index is -3.03. The summed E-state index contributed by atoms with van der Waals surface area (Å²) in [6, 6.07) is 3.74. The predicted molar refractivity (Wildman–Crippen MR) is 67.1 cm³/mol. The van der Waals surface area contributed by atoms with E-state index in [1.807, 2.05) is 12.1 Å². The van der Waals surface area contributed by atoms with Gasteiger partial charge in [-0.25, -0.2) is 8.42 Å². The molecule has 6 heteroatoms. The van der Waals surface area contributed by atoms with Crippen LogP contribution >= 0.6 is 11.3 Å². The molecule has 2 heterocycles. The fraction of sp³-hybridized carbons (Fsp3) is 0.455. The topological polar surface area (TPSA) is 57.6 Å². The Labute approximate surface area is 105 Å². The second-order valence-corrected chi connectivity index (χ2v) is 6.99. The Hall–Kier alpha value is -0.870. The molecular weight excluding hydrogens is 258 g/mol. The van der Waals surface area contributed by atoms with E-state index in [0.717, 1.165) is 9.75 Å². The van der Waals surface area contributed by atoms with Gasteiger partial charge in [-0.1, -0.05) is 11.8 Å². The van der Waals surface area contributed by atoms with Gasteiger partial charge < -0.3 is 5.11 Å². The van der Waals surface area contributed by atoms with Crippen LogP contribution in [0.25, 0.3) is 0 Å². The third-order valence-corrected chi connectivity index (χ3v) is 5.38. The number of aliphatic hydroxyl groups excluding tert-OH is 1. The molecule has 2 rings (SSSR count). The van der Waals surface area contributed by atoms with E-state index in [9.17, 15) is 8.42 Å². The van der Waals surface area contributed by atoms with Crippen molar-refractivity contribution in [2.75, 3.05) is 18.9 Å². The molecule has 0 unspecified atom stereocenters. The van der Waals surface area contributed by atoms with Gasteiger partial charge in [0.15, 0.2) is 0 Å². The SMILES string of the molecule is O=S1(=O)CCCN1Cc1ccc(C#CCO)s1. The second kappa shape index (κ2) is 5.19. The fourth-order valence-corrected chi connectivity index (χ4v) is 4.17. The molecule has 1 aromatic heterocycles. The molecule has 1 N–H and O–H groups in total. The summed E-state index contributed by atoms with van der Waals surface area (Å²) in [5.41, 5.74) is 0. The maximum atomic E-state index is 11.6. The second-order valence-electron chi connectivity index (χ2n) is 3.73. The molecule has 0 atom stereocenters. The first-order valence-electron chi connectivity index (χ1n) is 5.28. The molecule has 1 aliphatic rings. The molecule has 92 valence electrons. The molecular formula is C11H13NO3S2. The average Bonchev–Trinajstić information content (AvgIpc) is 2.84. The van der Waals surface area contributed by atoms with E-state index in [4.69, 9.17) is 5.11 Å². The average molecular weight is 271 g/mol. The number of rotatable bonds is 2. The summed E-state index contributed by atoms with van der Waals surface area (Å²) in [6.07, 6.45) is 0.713. The molecule has 4 nitrogen and oxygen atoms in total. The van der Waals surface area contributed by atoms with E-state index in [1.54, 1.807) is 0 Å². The summed E-state index contributed by atoms with van der Waals surface area (Å²) in [6.45, 7) is 0.888. The lowest BCUT2D eigenvalue weighted by molar-refractivity contribution is 0.350. The largest absolute Gasteiger partial charge is 0.384 e. The standard InChI is InChI=1S/C11H13NO3S2/c13-7-1-3-10-4-5-11(16-10)9-12-6-2-8-17(12,14)15/h4-5,13H,2,6-9H2. The van der Waals surface area contributed by atoms with Crippen LogP contribution in [-0.4, -0.2) is 36.7 Å². The zero-order valence-corrected chi connectivity index (χ0v) is 10.9. The summed E-state index contributed by atoms with van der Waals surface area (Å²) >= 11 is 1.47. The van der Waals surface area contributed by atoms with E-state index in [1.165, 1.54) is 15.6 Å². The van der Waals surface area contributed by atoms with Gasteiger partial charge in [0.1, 0.15) is 6.61 Å². The van der Waals surface area contributed by atoms with Gasteiger partial charge in [0, 0.05) is 18.0 Å². The molecule has 0 saturated carbocycles. The third-order valence-electron chi connectivity index (χ3n) is 2.49. The monoisotopic (exact) mass is 271 g/mol. The van der Waals surface area contributed by atoms with Crippen LogP contribution in [0, 0.1) is 11.8 Å². The maximum Gasteiger partial charge on any atom is 0.214 e. The molecule has 1 saturated heterocycles. The van der Waals surface area contributed by atoms with Gasteiger partial charge in [-0.2, -0.15) is 4.31 Å². The smallest absolute Gasteiger partial charge is 0.214 e. The van der Waals surface area contributed by atoms with Gasteiger partial charge in [-0.15, -0.1) is 11.3 Å². The Balaban J connectivity index is 2.07. The first kappa shape index (κ1) is 12.6. The summed E-state index contributed by atoms with van der Waals surface area (Å²) < 4.78 is 24.7. The molecule has 1 aliphatic heterocycles. The maximum absolute atomic E-state index is 11.6. The molecule has 0 aliphatic carbocycles. The predicted octanol–water partition coefficient (Wildman–Crippen LogP) is 0.627. The number of sulfonamides is 1. The molecule has 17 heavy (non-hydrogen) atoms. The van der Waals surface area contributed by atoms with E-state index < -0.39 is 10.0 Å². The van der Waals surface area contributed by atoms with Gasteiger partial charge in [0.05, 0.1) is 10.6 Å². The molecule has 0 bridgehead atoms. The van der Waals surface area contributed by atoms with Crippen LogP contribution in [0.15, 0.2) is 12.1 Å². The normalized spacial score (nSPS) is 18.9. The fourth-order valence-electron chi connectivity index (χ4n) is 1.70. The zero-order chi connectivity index (χ0) is 12.3. The Morgan fingerprint density at radius 1 is 1.47 bits per heavy atom. The van der Waals surface area contributed by atoms with Gasteiger partial charge in [0.2, 0.25) is 10.0 Å². The quantitative estimate of drug-likeness (QED) is 0.803. The highest BCUT2D eigenvalue weighted by Gasteiger charge is 2.28.